The van der Waals surface area contributed by atoms with Gasteiger partial charge in [0.05, 0.1) is 6.61 Å². The predicted molar refractivity (Wildman–Crippen MR) is 47.3 cm³/mol. The van der Waals surface area contributed by atoms with E-state index in [4.69, 9.17) is 9.47 Å². The molecule has 0 unspecified atom stereocenters. The molecule has 2 fully saturated rings. The van der Waals surface area contributed by atoms with Crippen molar-refractivity contribution in [2.45, 2.75) is 25.9 Å². The van der Waals surface area contributed by atoms with Gasteiger partial charge < -0.3 is 9.47 Å². The fourth-order valence-electron chi connectivity index (χ4n) is 2.05. The number of ether oxygens (including phenoxy) is 2. The summed E-state index contributed by atoms with van der Waals surface area (Å²) in [5.74, 6) is -0.665. The van der Waals surface area contributed by atoms with Crippen LogP contribution in [-0.4, -0.2) is 24.6 Å². The van der Waals surface area contributed by atoms with Gasteiger partial charge >= 0.3 is 11.9 Å². The molecule has 0 aromatic carbocycles. The first-order valence-electron chi connectivity index (χ1n) is 4.62. The first kappa shape index (κ1) is 9.24. The van der Waals surface area contributed by atoms with E-state index in [1.807, 2.05) is 0 Å². The summed E-state index contributed by atoms with van der Waals surface area (Å²) in [6.07, 6.45) is 0.570. The normalized spacial score (nSPS) is 37.2. The zero-order valence-electron chi connectivity index (χ0n) is 8.04. The Bertz CT molecular complexity index is 320. The first-order chi connectivity index (χ1) is 6.56. The highest BCUT2D eigenvalue weighted by atomic mass is 16.6. The third-order valence-corrected chi connectivity index (χ3v) is 3.07. The Balaban J connectivity index is 2.31. The van der Waals surface area contributed by atoms with Gasteiger partial charge in [0.1, 0.15) is 11.5 Å². The van der Waals surface area contributed by atoms with E-state index in [2.05, 4.69) is 6.58 Å². The van der Waals surface area contributed by atoms with E-state index in [1.165, 1.54) is 0 Å². The van der Waals surface area contributed by atoms with Crippen LogP contribution in [0.3, 0.4) is 0 Å². The number of rotatable bonds is 0. The summed E-state index contributed by atoms with van der Waals surface area (Å²) in [5, 5.41) is 0. The average molecular weight is 196 g/mol. The van der Waals surface area contributed by atoms with E-state index in [-0.39, 0.29) is 5.97 Å². The van der Waals surface area contributed by atoms with Crippen LogP contribution in [0.25, 0.3) is 0 Å². The summed E-state index contributed by atoms with van der Waals surface area (Å²) in [6, 6.07) is 0. The molecule has 4 heteroatoms. The van der Waals surface area contributed by atoms with Gasteiger partial charge in [0.15, 0.2) is 0 Å². The second-order valence-corrected chi connectivity index (χ2v) is 3.87. The Morgan fingerprint density at radius 2 is 2.21 bits per heavy atom. The maximum atomic E-state index is 11.6. The summed E-state index contributed by atoms with van der Waals surface area (Å²) in [6.45, 7) is 5.74. The van der Waals surface area contributed by atoms with Crippen molar-refractivity contribution >= 4 is 11.9 Å². The minimum atomic E-state index is -0.662. The molecule has 0 aromatic rings. The standard InChI is InChI=1S/C10H12O4/c1-6-5-10(3-4-13-9(10)12)7(2)14-8(6)11/h7H,1,3-5H2,2H3/t7-,10-/m1/s1. The molecule has 0 aliphatic carbocycles. The second-order valence-electron chi connectivity index (χ2n) is 3.87. The van der Waals surface area contributed by atoms with Crippen molar-refractivity contribution in [3.05, 3.63) is 12.2 Å². The third-order valence-electron chi connectivity index (χ3n) is 3.07. The number of hydrogen-bond acceptors (Lipinski definition) is 4. The Morgan fingerprint density at radius 3 is 2.79 bits per heavy atom. The fourth-order valence-corrected chi connectivity index (χ4v) is 2.05. The third kappa shape index (κ3) is 1.06. The molecule has 2 saturated heterocycles. The van der Waals surface area contributed by atoms with Crippen molar-refractivity contribution in [2.75, 3.05) is 6.61 Å². The van der Waals surface area contributed by atoms with Crippen LogP contribution in [0.5, 0.6) is 0 Å². The van der Waals surface area contributed by atoms with Crippen LogP contribution in [0.15, 0.2) is 12.2 Å². The minimum absolute atomic E-state index is 0.265. The van der Waals surface area contributed by atoms with Gasteiger partial charge in [0.25, 0.3) is 0 Å². The monoisotopic (exact) mass is 196 g/mol. The van der Waals surface area contributed by atoms with Crippen LogP contribution >= 0.6 is 0 Å². The van der Waals surface area contributed by atoms with Crippen LogP contribution in [0, 0.1) is 5.41 Å². The van der Waals surface area contributed by atoms with Gasteiger partial charge in [-0.15, -0.1) is 0 Å². The summed E-state index contributed by atoms with van der Waals surface area (Å²) < 4.78 is 10.00. The molecule has 2 aliphatic heterocycles. The molecule has 2 aliphatic rings. The van der Waals surface area contributed by atoms with Crippen molar-refractivity contribution in [2.24, 2.45) is 5.41 Å². The molecule has 0 amide bonds. The molecule has 2 heterocycles. The van der Waals surface area contributed by atoms with Crippen molar-refractivity contribution in [1.29, 1.82) is 0 Å². The van der Waals surface area contributed by atoms with Crippen LogP contribution < -0.4 is 0 Å². The van der Waals surface area contributed by atoms with E-state index >= 15 is 0 Å². The van der Waals surface area contributed by atoms with E-state index in [1.54, 1.807) is 6.92 Å². The molecular weight excluding hydrogens is 184 g/mol. The van der Waals surface area contributed by atoms with Gasteiger partial charge in [-0.25, -0.2) is 4.79 Å². The second kappa shape index (κ2) is 2.83. The lowest BCUT2D eigenvalue weighted by atomic mass is 9.74. The van der Waals surface area contributed by atoms with E-state index in [9.17, 15) is 9.59 Å². The molecular formula is C10H12O4. The average Bonchev–Trinajstić information content (AvgIpc) is 2.46. The van der Waals surface area contributed by atoms with E-state index in [0.717, 1.165) is 0 Å². The molecule has 4 nitrogen and oxygen atoms in total. The van der Waals surface area contributed by atoms with Crippen LogP contribution in [-0.2, 0) is 19.1 Å². The lowest BCUT2D eigenvalue weighted by Crippen LogP contribution is -2.45. The lowest BCUT2D eigenvalue weighted by molar-refractivity contribution is -0.166. The zero-order chi connectivity index (χ0) is 10.3. The van der Waals surface area contributed by atoms with Crippen molar-refractivity contribution in [1.82, 2.24) is 0 Å². The van der Waals surface area contributed by atoms with Gasteiger partial charge in [0, 0.05) is 12.0 Å². The number of esters is 2. The zero-order valence-corrected chi connectivity index (χ0v) is 8.04. The topological polar surface area (TPSA) is 52.6 Å². The van der Waals surface area contributed by atoms with Gasteiger partial charge in [-0.2, -0.15) is 0 Å². The van der Waals surface area contributed by atoms with Crippen LogP contribution in [0.2, 0.25) is 0 Å². The molecule has 0 aromatic heterocycles. The van der Waals surface area contributed by atoms with Gasteiger partial charge in [0.2, 0.25) is 0 Å². The number of carbonyl (C=O) groups excluding carboxylic acids is 2. The van der Waals surface area contributed by atoms with Crippen molar-refractivity contribution < 1.29 is 19.1 Å². The molecule has 2 rings (SSSR count). The fraction of sp³-hybridized carbons (Fsp3) is 0.600. The molecule has 0 N–H and O–H groups in total. The smallest absolute Gasteiger partial charge is 0.333 e. The van der Waals surface area contributed by atoms with Crippen molar-refractivity contribution in [3.63, 3.8) is 0 Å². The predicted octanol–water partition coefficient (Wildman–Crippen LogP) is 0.811. The molecule has 1 spiro atoms. The largest absolute Gasteiger partial charge is 0.465 e. The van der Waals surface area contributed by atoms with Gasteiger partial charge in [-0.1, -0.05) is 6.58 Å². The Labute approximate surface area is 81.9 Å². The van der Waals surface area contributed by atoms with Gasteiger partial charge in [-0.3, -0.25) is 4.79 Å². The highest BCUT2D eigenvalue weighted by Crippen LogP contribution is 2.44. The summed E-state index contributed by atoms with van der Waals surface area (Å²) in [7, 11) is 0. The maximum Gasteiger partial charge on any atom is 0.333 e. The summed E-state index contributed by atoms with van der Waals surface area (Å²) >= 11 is 0. The quantitative estimate of drug-likeness (QED) is 0.425. The molecule has 0 bridgehead atoms. The molecule has 14 heavy (non-hydrogen) atoms. The molecule has 0 saturated carbocycles. The molecule has 76 valence electrons. The van der Waals surface area contributed by atoms with E-state index < -0.39 is 17.5 Å². The lowest BCUT2D eigenvalue weighted by Gasteiger charge is -2.35. The Kier molecular flexibility index (Phi) is 1.87. The Hall–Kier alpha value is -1.32. The first-order valence-corrected chi connectivity index (χ1v) is 4.62. The highest BCUT2D eigenvalue weighted by molar-refractivity contribution is 5.92. The van der Waals surface area contributed by atoms with E-state index in [0.29, 0.717) is 25.0 Å². The number of hydrogen-bond donors (Lipinski definition) is 0. The van der Waals surface area contributed by atoms with Crippen LogP contribution in [0.4, 0.5) is 0 Å². The van der Waals surface area contributed by atoms with Gasteiger partial charge in [-0.05, 0) is 13.3 Å². The summed E-state index contributed by atoms with van der Waals surface area (Å²) in [5.41, 5.74) is -0.299. The SMILES string of the molecule is C=C1C[C@]2(CCOC2=O)[C@@H](C)OC1=O. The van der Waals surface area contributed by atoms with Crippen molar-refractivity contribution in [3.8, 4) is 0 Å². The van der Waals surface area contributed by atoms with Crippen LogP contribution in [0.1, 0.15) is 19.8 Å². The molecule has 0 radical (unpaired) electrons. The number of cyclic esters (lactones) is 2. The summed E-state index contributed by atoms with van der Waals surface area (Å²) in [4.78, 5) is 22.7. The Morgan fingerprint density at radius 1 is 1.50 bits per heavy atom. The number of carbonyl (C=O) groups is 2. The highest BCUT2D eigenvalue weighted by Gasteiger charge is 2.54. The maximum absolute atomic E-state index is 11.6. The molecule has 2 atom stereocenters. The minimum Gasteiger partial charge on any atom is -0.465 e.